The third-order valence-electron chi connectivity index (χ3n) is 5.57. The number of hydrogen-bond acceptors (Lipinski definition) is 4. The van der Waals surface area contributed by atoms with Crippen molar-refractivity contribution >= 4 is 34.1 Å². The molecule has 1 heterocycles. The minimum absolute atomic E-state index is 0.342. The van der Waals surface area contributed by atoms with Crippen LogP contribution in [0.25, 0.3) is 0 Å². The third-order valence-corrected chi connectivity index (χ3v) is 6.78. The van der Waals surface area contributed by atoms with Crippen molar-refractivity contribution in [3.63, 3.8) is 0 Å². The number of primary amides is 1. The molecule has 7 heteroatoms. The molecule has 2 aliphatic rings. The Morgan fingerprint density at radius 1 is 1.08 bits per heavy atom. The first-order valence-corrected chi connectivity index (χ1v) is 9.74. The topological polar surface area (TPSA) is 109 Å². The molecule has 140 valence electrons. The standard InChI is InChI=1S/C19H24N2O4S/c1-9-7-12(13(19(24)25)8-10(9)2)17(23)21-18-15(16(20)22)11-5-3-4-6-14(11)26-18/h12-13H,3-8H2,1-2H3,(H2,20,22)(H,21,23)(H,24,25)/t12-,13+/m0/s1. The number of fused-ring (bicyclic) bond motifs is 1. The fraction of sp³-hybridized carbons (Fsp3) is 0.526. The second-order valence-corrected chi connectivity index (χ2v) is 8.39. The maximum Gasteiger partial charge on any atom is 0.307 e. The van der Waals surface area contributed by atoms with Crippen LogP contribution in [0.1, 0.15) is 60.3 Å². The highest BCUT2D eigenvalue weighted by Gasteiger charge is 2.38. The molecule has 1 aromatic rings. The lowest BCUT2D eigenvalue weighted by molar-refractivity contribution is -0.146. The van der Waals surface area contributed by atoms with Crippen LogP contribution in [0.4, 0.5) is 5.00 Å². The lowest BCUT2D eigenvalue weighted by atomic mass is 9.76. The molecule has 2 aliphatic carbocycles. The van der Waals surface area contributed by atoms with Gasteiger partial charge in [0.05, 0.1) is 17.4 Å². The Balaban J connectivity index is 1.89. The van der Waals surface area contributed by atoms with E-state index < -0.39 is 23.7 Å². The van der Waals surface area contributed by atoms with Crippen molar-refractivity contribution in [1.29, 1.82) is 0 Å². The molecule has 0 saturated heterocycles. The monoisotopic (exact) mass is 376 g/mol. The first-order valence-electron chi connectivity index (χ1n) is 8.92. The largest absolute Gasteiger partial charge is 0.481 e. The lowest BCUT2D eigenvalue weighted by Gasteiger charge is -2.29. The highest BCUT2D eigenvalue weighted by atomic mass is 32.1. The molecule has 0 bridgehead atoms. The van der Waals surface area contributed by atoms with Gasteiger partial charge in [-0.05, 0) is 57.9 Å². The van der Waals surface area contributed by atoms with Gasteiger partial charge in [-0.15, -0.1) is 11.3 Å². The molecule has 0 aromatic carbocycles. The number of rotatable bonds is 4. The van der Waals surface area contributed by atoms with Crippen LogP contribution in [-0.2, 0) is 22.4 Å². The van der Waals surface area contributed by atoms with E-state index in [4.69, 9.17) is 5.73 Å². The predicted molar refractivity (Wildman–Crippen MR) is 100 cm³/mol. The fourth-order valence-electron chi connectivity index (χ4n) is 3.95. The zero-order valence-corrected chi connectivity index (χ0v) is 15.9. The van der Waals surface area contributed by atoms with Gasteiger partial charge in [0.25, 0.3) is 5.91 Å². The minimum Gasteiger partial charge on any atom is -0.481 e. The summed E-state index contributed by atoms with van der Waals surface area (Å²) in [6.07, 6.45) is 4.55. The molecule has 0 fully saturated rings. The van der Waals surface area contributed by atoms with Gasteiger partial charge in [-0.25, -0.2) is 0 Å². The molecule has 1 aromatic heterocycles. The first kappa shape index (κ1) is 18.6. The van der Waals surface area contributed by atoms with Gasteiger partial charge in [-0.1, -0.05) is 11.1 Å². The summed E-state index contributed by atoms with van der Waals surface area (Å²) in [5.74, 6) is -3.23. The number of carbonyl (C=O) groups excluding carboxylic acids is 2. The van der Waals surface area contributed by atoms with E-state index in [-0.39, 0.29) is 5.91 Å². The maximum atomic E-state index is 12.9. The third kappa shape index (κ3) is 3.40. The summed E-state index contributed by atoms with van der Waals surface area (Å²) in [4.78, 5) is 37.6. The summed E-state index contributed by atoms with van der Waals surface area (Å²) in [6.45, 7) is 3.85. The van der Waals surface area contributed by atoms with Crippen molar-refractivity contribution in [2.75, 3.05) is 5.32 Å². The van der Waals surface area contributed by atoms with E-state index in [1.807, 2.05) is 13.8 Å². The minimum atomic E-state index is -0.961. The lowest BCUT2D eigenvalue weighted by Crippen LogP contribution is -2.36. The van der Waals surface area contributed by atoms with Crippen LogP contribution in [0.2, 0.25) is 0 Å². The van der Waals surface area contributed by atoms with Crippen molar-refractivity contribution in [2.45, 2.75) is 52.4 Å². The maximum absolute atomic E-state index is 12.9. The number of amides is 2. The summed E-state index contributed by atoms with van der Waals surface area (Å²) in [5.41, 5.74) is 9.02. The molecule has 6 nitrogen and oxygen atoms in total. The Labute approximate surface area is 156 Å². The number of carboxylic acid groups (broad SMARTS) is 1. The van der Waals surface area contributed by atoms with Crippen LogP contribution in [-0.4, -0.2) is 22.9 Å². The number of allylic oxidation sites excluding steroid dienone is 2. The van der Waals surface area contributed by atoms with Gasteiger partial charge < -0.3 is 16.2 Å². The van der Waals surface area contributed by atoms with Crippen LogP contribution in [0.5, 0.6) is 0 Å². The van der Waals surface area contributed by atoms with Crippen LogP contribution >= 0.6 is 11.3 Å². The summed E-state index contributed by atoms with van der Waals surface area (Å²) in [6, 6.07) is 0. The fourth-order valence-corrected chi connectivity index (χ4v) is 5.24. The smallest absolute Gasteiger partial charge is 0.307 e. The molecule has 0 unspecified atom stereocenters. The molecular weight excluding hydrogens is 352 g/mol. The van der Waals surface area contributed by atoms with Crippen molar-refractivity contribution in [3.8, 4) is 0 Å². The highest BCUT2D eigenvalue weighted by molar-refractivity contribution is 7.17. The first-order chi connectivity index (χ1) is 12.3. The number of carbonyl (C=O) groups is 3. The Bertz CT molecular complexity index is 809. The van der Waals surface area contributed by atoms with E-state index in [1.165, 1.54) is 11.3 Å². The molecule has 2 amide bonds. The second-order valence-electron chi connectivity index (χ2n) is 7.29. The molecule has 26 heavy (non-hydrogen) atoms. The van der Waals surface area contributed by atoms with E-state index in [9.17, 15) is 19.5 Å². The van der Waals surface area contributed by atoms with Crippen LogP contribution in [0, 0.1) is 11.8 Å². The van der Waals surface area contributed by atoms with Gasteiger partial charge in [-0.2, -0.15) is 0 Å². The van der Waals surface area contributed by atoms with Gasteiger partial charge in [0, 0.05) is 4.88 Å². The molecule has 0 radical (unpaired) electrons. The normalized spacial score (nSPS) is 22.7. The van der Waals surface area contributed by atoms with Crippen LogP contribution in [0.15, 0.2) is 11.1 Å². The zero-order valence-electron chi connectivity index (χ0n) is 15.1. The SMILES string of the molecule is CC1=C(C)C[C@@H](C(=O)O)[C@@H](C(=O)Nc2sc3c(c2C(N)=O)CCCC3)C1. The van der Waals surface area contributed by atoms with Crippen LogP contribution in [0.3, 0.4) is 0 Å². The van der Waals surface area contributed by atoms with Gasteiger partial charge in [-0.3, -0.25) is 14.4 Å². The van der Waals surface area contributed by atoms with Crippen molar-refractivity contribution < 1.29 is 19.5 Å². The van der Waals surface area contributed by atoms with Gasteiger partial charge >= 0.3 is 5.97 Å². The Kier molecular flexibility index (Phi) is 5.18. The molecule has 2 atom stereocenters. The number of anilines is 1. The summed E-state index contributed by atoms with van der Waals surface area (Å²) < 4.78 is 0. The molecule has 0 saturated carbocycles. The number of thiophene rings is 1. The summed E-state index contributed by atoms with van der Waals surface area (Å²) >= 11 is 1.40. The van der Waals surface area contributed by atoms with Crippen LogP contribution < -0.4 is 11.1 Å². The van der Waals surface area contributed by atoms with Crippen molar-refractivity contribution in [1.82, 2.24) is 0 Å². The summed E-state index contributed by atoms with van der Waals surface area (Å²) in [7, 11) is 0. The quantitative estimate of drug-likeness (QED) is 0.701. The highest BCUT2D eigenvalue weighted by Crippen LogP contribution is 2.40. The molecule has 0 aliphatic heterocycles. The second kappa shape index (κ2) is 7.23. The van der Waals surface area contributed by atoms with Crippen molar-refractivity contribution in [2.24, 2.45) is 17.6 Å². The number of aliphatic carboxylic acids is 1. The number of carboxylic acids is 1. The number of nitrogens with two attached hydrogens (primary N) is 1. The molecule has 3 rings (SSSR count). The van der Waals surface area contributed by atoms with E-state index in [2.05, 4.69) is 5.32 Å². The Morgan fingerprint density at radius 2 is 1.69 bits per heavy atom. The van der Waals surface area contributed by atoms with E-state index in [0.29, 0.717) is 23.4 Å². The predicted octanol–water partition coefficient (Wildman–Crippen LogP) is 3.11. The molecular formula is C19H24N2O4S. The van der Waals surface area contributed by atoms with E-state index in [1.54, 1.807) is 0 Å². The zero-order chi connectivity index (χ0) is 19.0. The number of aryl methyl sites for hydroxylation is 1. The average molecular weight is 376 g/mol. The molecule has 0 spiro atoms. The van der Waals surface area contributed by atoms with E-state index in [0.717, 1.165) is 47.3 Å². The summed E-state index contributed by atoms with van der Waals surface area (Å²) in [5, 5.41) is 12.8. The molecule has 4 N–H and O–H groups in total. The van der Waals surface area contributed by atoms with Gasteiger partial charge in [0.15, 0.2) is 0 Å². The number of hydrogen-bond donors (Lipinski definition) is 3. The number of nitrogens with one attached hydrogen (secondary N) is 1. The Hall–Kier alpha value is -2.15. The van der Waals surface area contributed by atoms with Crippen molar-refractivity contribution in [3.05, 3.63) is 27.2 Å². The van der Waals surface area contributed by atoms with Gasteiger partial charge in [0.2, 0.25) is 5.91 Å². The van der Waals surface area contributed by atoms with E-state index >= 15 is 0 Å². The Morgan fingerprint density at radius 3 is 2.31 bits per heavy atom. The van der Waals surface area contributed by atoms with Gasteiger partial charge in [0.1, 0.15) is 5.00 Å². The average Bonchev–Trinajstić information content (AvgIpc) is 2.94.